The van der Waals surface area contributed by atoms with Crippen LogP contribution in [-0.4, -0.2) is 11.1 Å². The first kappa shape index (κ1) is 12.5. The van der Waals surface area contributed by atoms with Crippen molar-refractivity contribution in [2.45, 2.75) is 12.3 Å². The van der Waals surface area contributed by atoms with Crippen molar-refractivity contribution in [1.29, 1.82) is 0 Å². The number of halogens is 2. The highest BCUT2D eigenvalue weighted by Gasteiger charge is 2.32. The Morgan fingerprint density at radius 2 is 1.89 bits per heavy atom. The van der Waals surface area contributed by atoms with Crippen LogP contribution in [0.2, 0.25) is 10.0 Å². The van der Waals surface area contributed by atoms with Crippen LogP contribution < -0.4 is 0 Å². The monoisotopic (exact) mass is 292 g/mol. The third-order valence-corrected chi connectivity index (χ3v) is 3.98. The molecule has 0 spiro atoms. The molecule has 2 nitrogen and oxygen atoms in total. The molecule has 0 heterocycles. The van der Waals surface area contributed by atoms with Gasteiger partial charge in [0, 0.05) is 16.0 Å². The second-order valence-electron chi connectivity index (χ2n) is 4.59. The first-order valence-corrected chi connectivity index (χ1v) is 6.63. The quantitative estimate of drug-likeness (QED) is 0.880. The van der Waals surface area contributed by atoms with Gasteiger partial charge in [-0.2, -0.15) is 0 Å². The maximum Gasteiger partial charge on any atom is 0.304 e. The van der Waals surface area contributed by atoms with E-state index in [2.05, 4.69) is 0 Å². The van der Waals surface area contributed by atoms with Crippen molar-refractivity contribution < 1.29 is 9.90 Å². The normalized spacial score (nSPS) is 16.0. The van der Waals surface area contributed by atoms with E-state index in [4.69, 9.17) is 28.3 Å². The lowest BCUT2D eigenvalue weighted by molar-refractivity contribution is -0.137. The molecule has 4 heteroatoms. The first-order valence-electron chi connectivity index (χ1n) is 5.88. The number of benzene rings is 2. The fraction of sp³-hybridized carbons (Fsp3) is 0.133. The summed E-state index contributed by atoms with van der Waals surface area (Å²) in [6.45, 7) is 0. The largest absolute Gasteiger partial charge is 0.481 e. The maximum atomic E-state index is 11.1. The van der Waals surface area contributed by atoms with Gasteiger partial charge in [0.2, 0.25) is 0 Å². The number of fused-ring (bicyclic) bond motifs is 3. The van der Waals surface area contributed by atoms with Crippen LogP contribution in [0.4, 0.5) is 0 Å². The van der Waals surface area contributed by atoms with Gasteiger partial charge in [0.05, 0.1) is 6.42 Å². The molecule has 0 aromatic heterocycles. The Labute approximate surface area is 120 Å². The van der Waals surface area contributed by atoms with E-state index in [1.54, 1.807) is 6.07 Å². The van der Waals surface area contributed by atoms with Gasteiger partial charge in [0.1, 0.15) is 0 Å². The molecule has 96 valence electrons. The summed E-state index contributed by atoms with van der Waals surface area (Å²) in [5.74, 6) is -1.04. The van der Waals surface area contributed by atoms with Gasteiger partial charge in [-0.05, 0) is 34.4 Å². The minimum atomic E-state index is -0.835. The van der Waals surface area contributed by atoms with Crippen LogP contribution in [0.5, 0.6) is 0 Å². The van der Waals surface area contributed by atoms with Crippen molar-refractivity contribution in [3.8, 4) is 11.1 Å². The molecular formula is C15H10Cl2O2. The number of carboxylic acid groups (broad SMARTS) is 1. The molecular weight excluding hydrogens is 283 g/mol. The summed E-state index contributed by atoms with van der Waals surface area (Å²) in [6, 6.07) is 11.3. The van der Waals surface area contributed by atoms with E-state index in [1.165, 1.54) is 0 Å². The molecule has 0 amide bonds. The van der Waals surface area contributed by atoms with E-state index in [0.717, 1.165) is 22.3 Å². The van der Waals surface area contributed by atoms with Crippen molar-refractivity contribution in [2.75, 3.05) is 0 Å². The van der Waals surface area contributed by atoms with Crippen molar-refractivity contribution in [3.63, 3.8) is 0 Å². The molecule has 0 saturated carbocycles. The zero-order valence-corrected chi connectivity index (χ0v) is 11.4. The number of hydrogen-bond acceptors (Lipinski definition) is 1. The highest BCUT2D eigenvalue weighted by atomic mass is 35.5. The van der Waals surface area contributed by atoms with E-state index in [-0.39, 0.29) is 12.3 Å². The molecule has 0 aliphatic heterocycles. The standard InChI is InChI=1S/C15H10Cl2O2/c16-8-5-11-9-3-1-2-4-10(9)12(7-14(18)19)15(11)13(17)6-8/h1-6,12H,7H2,(H,18,19). The summed E-state index contributed by atoms with van der Waals surface area (Å²) in [4.78, 5) is 11.1. The molecule has 2 aromatic rings. The lowest BCUT2D eigenvalue weighted by atomic mass is 9.94. The van der Waals surface area contributed by atoms with Crippen molar-refractivity contribution in [2.24, 2.45) is 0 Å². The summed E-state index contributed by atoms with van der Waals surface area (Å²) in [7, 11) is 0. The summed E-state index contributed by atoms with van der Waals surface area (Å²) in [5.41, 5.74) is 3.84. The molecule has 3 rings (SSSR count). The van der Waals surface area contributed by atoms with Gasteiger partial charge in [0.15, 0.2) is 0 Å². The summed E-state index contributed by atoms with van der Waals surface area (Å²) >= 11 is 12.3. The fourth-order valence-electron chi connectivity index (χ4n) is 2.75. The predicted octanol–water partition coefficient (Wildman–Crippen LogP) is 4.58. The molecule has 1 unspecified atom stereocenters. The second-order valence-corrected chi connectivity index (χ2v) is 5.43. The minimum Gasteiger partial charge on any atom is -0.481 e. The minimum absolute atomic E-state index is 0.0331. The average molecular weight is 293 g/mol. The smallest absolute Gasteiger partial charge is 0.304 e. The Hall–Kier alpha value is -1.51. The molecule has 2 aromatic carbocycles. The van der Waals surface area contributed by atoms with Gasteiger partial charge in [0.25, 0.3) is 0 Å². The van der Waals surface area contributed by atoms with Gasteiger partial charge in [-0.25, -0.2) is 0 Å². The molecule has 0 bridgehead atoms. The zero-order valence-electron chi connectivity index (χ0n) is 9.86. The van der Waals surface area contributed by atoms with E-state index in [1.807, 2.05) is 30.3 Å². The Balaban J connectivity index is 2.27. The van der Waals surface area contributed by atoms with E-state index < -0.39 is 5.97 Å². The number of rotatable bonds is 2. The zero-order chi connectivity index (χ0) is 13.6. The number of aliphatic carboxylic acids is 1. The van der Waals surface area contributed by atoms with Crippen LogP contribution in [0.1, 0.15) is 23.5 Å². The summed E-state index contributed by atoms with van der Waals surface area (Å²) in [6.07, 6.45) is 0.0331. The van der Waals surface area contributed by atoms with Crippen LogP contribution >= 0.6 is 23.2 Å². The highest BCUT2D eigenvalue weighted by Crippen LogP contribution is 2.50. The summed E-state index contributed by atoms with van der Waals surface area (Å²) < 4.78 is 0. The van der Waals surface area contributed by atoms with Gasteiger partial charge in [-0.1, -0.05) is 47.5 Å². The van der Waals surface area contributed by atoms with Gasteiger partial charge in [-0.3, -0.25) is 4.79 Å². The lowest BCUT2D eigenvalue weighted by Gasteiger charge is -2.12. The molecule has 1 aliphatic rings. The highest BCUT2D eigenvalue weighted by molar-refractivity contribution is 6.36. The van der Waals surface area contributed by atoms with Crippen molar-refractivity contribution in [1.82, 2.24) is 0 Å². The number of hydrogen-bond donors (Lipinski definition) is 1. The molecule has 0 saturated heterocycles. The van der Waals surface area contributed by atoms with Crippen LogP contribution in [0.25, 0.3) is 11.1 Å². The van der Waals surface area contributed by atoms with Crippen LogP contribution in [0.15, 0.2) is 36.4 Å². The molecule has 1 N–H and O–H groups in total. The lowest BCUT2D eigenvalue weighted by Crippen LogP contribution is -2.05. The van der Waals surface area contributed by atoms with Crippen LogP contribution in [-0.2, 0) is 4.79 Å². The Morgan fingerprint density at radius 3 is 2.63 bits per heavy atom. The van der Waals surface area contributed by atoms with Gasteiger partial charge in [-0.15, -0.1) is 0 Å². The van der Waals surface area contributed by atoms with E-state index in [0.29, 0.717) is 10.0 Å². The Kier molecular flexibility index (Phi) is 3.00. The third-order valence-electron chi connectivity index (χ3n) is 3.45. The van der Waals surface area contributed by atoms with Crippen molar-refractivity contribution >= 4 is 29.2 Å². The van der Waals surface area contributed by atoms with Crippen LogP contribution in [0, 0.1) is 0 Å². The van der Waals surface area contributed by atoms with Crippen LogP contribution in [0.3, 0.4) is 0 Å². The number of carboxylic acids is 1. The topological polar surface area (TPSA) is 37.3 Å². The van der Waals surface area contributed by atoms with E-state index in [9.17, 15) is 4.79 Å². The number of carbonyl (C=O) groups is 1. The SMILES string of the molecule is O=C(O)CC1c2ccccc2-c2cc(Cl)cc(Cl)c21. The molecule has 1 atom stereocenters. The predicted molar refractivity (Wildman–Crippen MR) is 76.0 cm³/mol. The van der Waals surface area contributed by atoms with E-state index >= 15 is 0 Å². The maximum absolute atomic E-state index is 11.1. The fourth-order valence-corrected chi connectivity index (χ4v) is 3.38. The third kappa shape index (κ3) is 2.01. The first-order chi connectivity index (χ1) is 9.08. The molecule has 0 radical (unpaired) electrons. The Morgan fingerprint density at radius 1 is 1.16 bits per heavy atom. The Bertz CT molecular complexity index is 680. The molecule has 1 aliphatic carbocycles. The average Bonchev–Trinajstić information content (AvgIpc) is 2.64. The molecule has 0 fully saturated rings. The second kappa shape index (κ2) is 4.55. The van der Waals surface area contributed by atoms with Crippen molar-refractivity contribution in [3.05, 3.63) is 57.6 Å². The molecule has 19 heavy (non-hydrogen) atoms. The van der Waals surface area contributed by atoms with Gasteiger partial charge >= 0.3 is 5.97 Å². The summed E-state index contributed by atoms with van der Waals surface area (Å²) in [5, 5.41) is 10.2. The van der Waals surface area contributed by atoms with Gasteiger partial charge < -0.3 is 5.11 Å².